The maximum absolute atomic E-state index is 13.1. The van der Waals surface area contributed by atoms with Crippen LogP contribution >= 0.6 is 11.3 Å². The number of anilines is 1. The van der Waals surface area contributed by atoms with Gasteiger partial charge in [0.25, 0.3) is 6.43 Å². The highest BCUT2D eigenvalue weighted by atomic mass is 32.2. The number of hydrogen-bond acceptors (Lipinski definition) is 8. The molecule has 1 saturated carbocycles. The van der Waals surface area contributed by atoms with Crippen molar-refractivity contribution in [3.05, 3.63) is 23.3 Å². The topological polar surface area (TPSA) is 94.0 Å². The molecule has 0 amide bonds. The lowest BCUT2D eigenvalue weighted by atomic mass is 10.1. The third-order valence-electron chi connectivity index (χ3n) is 5.70. The Labute approximate surface area is 185 Å². The molecule has 166 valence electrons. The Morgan fingerprint density at radius 3 is 2.84 bits per heavy atom. The van der Waals surface area contributed by atoms with Crippen molar-refractivity contribution in [3.63, 3.8) is 0 Å². The summed E-state index contributed by atoms with van der Waals surface area (Å²) in [5.41, 5.74) is 1.50. The Bertz CT molecular complexity index is 1100. The Balaban J connectivity index is 1.60. The van der Waals surface area contributed by atoms with E-state index in [0.717, 1.165) is 54.9 Å². The van der Waals surface area contributed by atoms with Gasteiger partial charge in [-0.2, -0.15) is 5.10 Å². The summed E-state index contributed by atoms with van der Waals surface area (Å²) >= 11 is -0.604. The van der Waals surface area contributed by atoms with Gasteiger partial charge in [-0.15, -0.1) is 14.9 Å². The highest BCUT2D eigenvalue weighted by molar-refractivity contribution is 7.89. The van der Waals surface area contributed by atoms with E-state index in [0.29, 0.717) is 16.5 Å². The van der Waals surface area contributed by atoms with Crippen LogP contribution in [0.4, 0.5) is 14.5 Å². The zero-order valence-electron chi connectivity index (χ0n) is 17.1. The Hall–Kier alpha value is -1.86. The van der Waals surface area contributed by atoms with Crippen LogP contribution in [0.3, 0.4) is 0 Å². The molecule has 5 rings (SSSR count). The molecule has 1 saturated heterocycles. The maximum atomic E-state index is 13.1. The average molecular weight is 468 g/mol. The number of halogens is 2. The number of hydrogen-bond donors (Lipinski definition) is 2. The van der Waals surface area contributed by atoms with Gasteiger partial charge < -0.3 is 14.8 Å². The first kappa shape index (κ1) is 21.0. The van der Waals surface area contributed by atoms with Crippen molar-refractivity contribution in [2.75, 3.05) is 24.5 Å². The Morgan fingerprint density at radius 1 is 1.35 bits per heavy atom. The number of nitrogens with zero attached hydrogens (tertiary/aromatic N) is 5. The van der Waals surface area contributed by atoms with E-state index < -0.39 is 17.8 Å². The van der Waals surface area contributed by atoms with Crippen molar-refractivity contribution in [3.8, 4) is 5.13 Å². The van der Waals surface area contributed by atoms with Crippen LogP contribution in [0.5, 0.6) is 0 Å². The lowest BCUT2D eigenvalue weighted by Gasteiger charge is -2.34. The summed E-state index contributed by atoms with van der Waals surface area (Å²) < 4.78 is 43.9. The predicted octanol–water partition coefficient (Wildman–Crippen LogP) is 2.78. The molecule has 1 aliphatic carbocycles. The van der Waals surface area contributed by atoms with Crippen LogP contribution in [-0.2, 0) is 11.4 Å². The molecule has 1 aromatic carbocycles. The molecule has 0 bridgehead atoms. The van der Waals surface area contributed by atoms with E-state index in [1.54, 1.807) is 12.3 Å². The van der Waals surface area contributed by atoms with Crippen LogP contribution < -0.4 is 14.9 Å². The van der Waals surface area contributed by atoms with Crippen LogP contribution in [0.2, 0.25) is 0 Å². The van der Waals surface area contributed by atoms with E-state index in [9.17, 15) is 13.3 Å². The molecule has 3 aromatic rings. The average Bonchev–Trinajstić information content (AvgIpc) is 3.13. The van der Waals surface area contributed by atoms with Crippen LogP contribution in [0.1, 0.15) is 38.1 Å². The summed E-state index contributed by atoms with van der Waals surface area (Å²) in [5, 5.41) is 16.1. The van der Waals surface area contributed by atoms with Crippen molar-refractivity contribution in [1.82, 2.24) is 30.0 Å². The molecule has 8 nitrogen and oxygen atoms in total. The van der Waals surface area contributed by atoms with E-state index in [1.165, 1.54) is 4.68 Å². The van der Waals surface area contributed by atoms with Gasteiger partial charge in [-0.05, 0) is 26.7 Å². The molecule has 2 unspecified atom stereocenters. The number of nitrogens with one attached hydrogen (secondary N) is 2. The number of rotatable bonds is 6. The summed E-state index contributed by atoms with van der Waals surface area (Å²) in [5.74, 6) is 0. The van der Waals surface area contributed by atoms with E-state index >= 15 is 0 Å². The van der Waals surface area contributed by atoms with Gasteiger partial charge in [0.1, 0.15) is 0 Å². The number of piperazine rings is 1. The van der Waals surface area contributed by atoms with Gasteiger partial charge in [0, 0.05) is 43.2 Å². The zero-order chi connectivity index (χ0) is 21.8. The fraction of sp³-hybridized carbons (Fsp3) is 0.526. The molecule has 12 heteroatoms. The summed E-state index contributed by atoms with van der Waals surface area (Å²) in [6.45, 7) is 6.63. The molecule has 2 N–H and O–H groups in total. The molecule has 2 fully saturated rings. The van der Waals surface area contributed by atoms with Crippen LogP contribution in [0.25, 0.3) is 16.0 Å². The quantitative estimate of drug-likeness (QED) is 0.539. The molecule has 31 heavy (non-hydrogen) atoms. The van der Waals surface area contributed by atoms with Gasteiger partial charge in [0.05, 0.1) is 34.3 Å². The zero-order valence-corrected chi connectivity index (χ0v) is 18.8. The number of benzene rings is 1. The monoisotopic (exact) mass is 467 g/mol. The predicted molar refractivity (Wildman–Crippen MR) is 116 cm³/mol. The lowest BCUT2D eigenvalue weighted by Crippen LogP contribution is -2.49. The van der Waals surface area contributed by atoms with Crippen LogP contribution in [0, 0.1) is 0 Å². The second-order valence-corrected chi connectivity index (χ2v) is 10.6. The van der Waals surface area contributed by atoms with E-state index in [2.05, 4.69) is 44.1 Å². The summed E-state index contributed by atoms with van der Waals surface area (Å²) in [7, 11) is 0. The Morgan fingerprint density at radius 2 is 2.16 bits per heavy atom. The fourth-order valence-corrected chi connectivity index (χ4v) is 5.61. The van der Waals surface area contributed by atoms with E-state index in [1.807, 2.05) is 6.07 Å². The first-order valence-electron chi connectivity index (χ1n) is 10.1. The van der Waals surface area contributed by atoms with Crippen LogP contribution in [-0.4, -0.2) is 55.7 Å². The summed E-state index contributed by atoms with van der Waals surface area (Å²) in [4.78, 5) is 2.88. The molecule has 2 atom stereocenters. The van der Waals surface area contributed by atoms with Crippen molar-refractivity contribution >= 4 is 39.3 Å². The number of fused-ring (bicyclic) bond motifs is 1. The summed E-state index contributed by atoms with van der Waals surface area (Å²) in [6.07, 6.45) is 1.01. The van der Waals surface area contributed by atoms with Crippen molar-refractivity contribution in [1.29, 1.82) is 0 Å². The molecule has 3 heterocycles. The third kappa shape index (κ3) is 4.14. The number of aromatic nitrogens is 4. The molecule has 2 aliphatic rings. The number of alkyl halides is 2. The fourth-order valence-electron chi connectivity index (χ4n) is 3.73. The molecule has 0 spiro atoms. The molecule has 1 aliphatic heterocycles. The largest absolute Gasteiger partial charge is 0.593 e. The van der Waals surface area contributed by atoms with E-state index in [-0.39, 0.29) is 15.7 Å². The van der Waals surface area contributed by atoms with Crippen molar-refractivity contribution in [2.45, 2.75) is 49.6 Å². The van der Waals surface area contributed by atoms with Gasteiger partial charge in [0.2, 0.25) is 5.13 Å². The Kier molecular flexibility index (Phi) is 5.37. The molecular formula is C19H23F2N7OS2. The van der Waals surface area contributed by atoms with Crippen LogP contribution in [0.15, 0.2) is 23.2 Å². The van der Waals surface area contributed by atoms with Gasteiger partial charge in [-0.3, -0.25) is 0 Å². The maximum Gasteiger partial charge on any atom is 0.291 e. The van der Waals surface area contributed by atoms with Gasteiger partial charge in [-0.25, -0.2) is 13.5 Å². The first-order chi connectivity index (χ1) is 14.8. The second-order valence-electron chi connectivity index (χ2n) is 8.39. The lowest BCUT2D eigenvalue weighted by molar-refractivity contribution is 0.150. The minimum Gasteiger partial charge on any atom is -0.593 e. The smallest absolute Gasteiger partial charge is 0.291 e. The van der Waals surface area contributed by atoms with Gasteiger partial charge in [0.15, 0.2) is 9.90 Å². The SMILES string of the molecule is CC1CN(c2cc([S+]([O-])NC3(C)CC3)cc3c2cnn3-c2nnc(C(F)F)s2)CCN1. The molecule has 0 radical (unpaired) electrons. The highest BCUT2D eigenvalue weighted by Gasteiger charge is 2.42. The highest BCUT2D eigenvalue weighted by Crippen LogP contribution is 2.38. The molecule has 2 aromatic heterocycles. The molecular weight excluding hydrogens is 444 g/mol. The van der Waals surface area contributed by atoms with Crippen molar-refractivity contribution < 1.29 is 13.3 Å². The van der Waals surface area contributed by atoms with Gasteiger partial charge >= 0.3 is 0 Å². The minimum absolute atomic E-state index is 0.102. The first-order valence-corrected chi connectivity index (χ1v) is 12.1. The minimum atomic E-state index is -2.68. The van der Waals surface area contributed by atoms with Crippen molar-refractivity contribution in [2.24, 2.45) is 0 Å². The summed E-state index contributed by atoms with van der Waals surface area (Å²) in [6, 6.07) is 4.06. The van der Waals surface area contributed by atoms with E-state index in [4.69, 9.17) is 0 Å². The third-order valence-corrected chi connectivity index (χ3v) is 7.95. The normalized spacial score (nSPS) is 21.7. The second kappa shape index (κ2) is 7.93. The standard InChI is InChI=1S/C19H23F2N7OS2/c1-11-10-27(6-5-22-11)14-7-12(31(29)26-19(2)3-4-19)8-15-13(14)9-23-28(15)18-25-24-17(30-18)16(20)21/h7-9,11,16,22,26H,3-6,10H2,1-2H3. The van der Waals surface area contributed by atoms with Gasteiger partial charge in [-0.1, -0.05) is 11.3 Å².